The summed E-state index contributed by atoms with van der Waals surface area (Å²) in [6.45, 7) is 0. The fraction of sp³-hybridized carbons (Fsp3) is 0. The number of halogens is 2. The average Bonchev–Trinajstić information content (AvgIpc) is 2.85. The number of rotatable bonds is 2. The van der Waals surface area contributed by atoms with E-state index in [1.807, 2.05) is 0 Å². The van der Waals surface area contributed by atoms with E-state index in [1.54, 1.807) is 24.3 Å². The van der Waals surface area contributed by atoms with Gasteiger partial charge in [0.15, 0.2) is 0 Å². The third kappa shape index (κ3) is 1.96. The molecule has 0 aliphatic heterocycles. The minimum atomic E-state index is -1.10. The number of nitrogens with zero attached hydrogens (tertiary/aromatic N) is 3. The summed E-state index contributed by atoms with van der Waals surface area (Å²) in [6.07, 6.45) is 0. The van der Waals surface area contributed by atoms with Crippen molar-refractivity contribution in [3.8, 4) is 5.69 Å². The van der Waals surface area contributed by atoms with Crippen molar-refractivity contribution in [1.29, 1.82) is 0 Å². The number of benzene rings is 2. The lowest BCUT2D eigenvalue weighted by atomic mass is 10.2. The van der Waals surface area contributed by atoms with Crippen LogP contribution in [-0.4, -0.2) is 26.1 Å². The van der Waals surface area contributed by atoms with Gasteiger partial charge in [0.1, 0.15) is 17.0 Å². The van der Waals surface area contributed by atoms with Gasteiger partial charge in [-0.3, -0.25) is 0 Å². The van der Waals surface area contributed by atoms with E-state index in [1.165, 1.54) is 16.8 Å². The third-order valence-electron chi connectivity index (χ3n) is 2.84. The van der Waals surface area contributed by atoms with E-state index >= 15 is 0 Å². The van der Waals surface area contributed by atoms with Gasteiger partial charge in [0, 0.05) is 4.47 Å². The highest BCUT2D eigenvalue weighted by Crippen LogP contribution is 2.23. The molecule has 0 spiro atoms. The first-order chi connectivity index (χ1) is 9.58. The van der Waals surface area contributed by atoms with E-state index in [-0.39, 0.29) is 16.8 Å². The number of hydrogen-bond donors (Lipinski definition) is 1. The molecule has 3 rings (SSSR count). The van der Waals surface area contributed by atoms with Gasteiger partial charge in [-0.25, -0.2) is 13.9 Å². The molecule has 3 aromatic rings. The summed E-state index contributed by atoms with van der Waals surface area (Å²) in [5, 5.41) is 16.8. The SMILES string of the molecule is O=C(O)c1cccc2c1nnn2-c1cc(Br)ccc1F. The molecule has 0 saturated heterocycles. The molecule has 0 aliphatic carbocycles. The summed E-state index contributed by atoms with van der Waals surface area (Å²) >= 11 is 3.26. The van der Waals surface area contributed by atoms with Gasteiger partial charge in [-0.05, 0) is 30.3 Å². The number of aromatic nitrogens is 3. The number of carboxylic acids is 1. The number of aromatic carboxylic acids is 1. The van der Waals surface area contributed by atoms with Crippen molar-refractivity contribution in [3.05, 3.63) is 52.3 Å². The van der Waals surface area contributed by atoms with Gasteiger partial charge in [0.25, 0.3) is 0 Å². The average molecular weight is 336 g/mol. The Labute approximate surface area is 120 Å². The standard InChI is InChI=1S/C13H7BrFN3O2/c14-7-4-5-9(15)11(6-7)18-10-3-1-2-8(13(19)20)12(10)16-17-18/h1-6H,(H,19,20). The first-order valence-electron chi connectivity index (χ1n) is 5.61. The van der Waals surface area contributed by atoms with E-state index in [0.717, 1.165) is 0 Å². The Morgan fingerprint density at radius 1 is 1.30 bits per heavy atom. The van der Waals surface area contributed by atoms with Crippen LogP contribution in [0.2, 0.25) is 0 Å². The van der Waals surface area contributed by atoms with E-state index in [4.69, 9.17) is 5.11 Å². The van der Waals surface area contributed by atoms with Crippen LogP contribution >= 0.6 is 15.9 Å². The monoisotopic (exact) mass is 335 g/mol. The molecule has 0 bridgehead atoms. The van der Waals surface area contributed by atoms with E-state index < -0.39 is 11.8 Å². The Balaban J connectivity index is 2.31. The molecule has 0 fully saturated rings. The fourth-order valence-electron chi connectivity index (χ4n) is 1.94. The maximum atomic E-state index is 13.9. The maximum absolute atomic E-state index is 13.9. The highest BCUT2D eigenvalue weighted by Gasteiger charge is 2.16. The normalized spacial score (nSPS) is 10.9. The lowest BCUT2D eigenvalue weighted by Gasteiger charge is -2.04. The van der Waals surface area contributed by atoms with Crippen LogP contribution in [0.4, 0.5) is 4.39 Å². The summed E-state index contributed by atoms with van der Waals surface area (Å²) in [4.78, 5) is 11.1. The van der Waals surface area contributed by atoms with Crippen molar-refractivity contribution in [2.45, 2.75) is 0 Å². The molecule has 1 N–H and O–H groups in total. The quantitative estimate of drug-likeness (QED) is 0.781. The molecule has 20 heavy (non-hydrogen) atoms. The number of hydrogen-bond acceptors (Lipinski definition) is 3. The smallest absolute Gasteiger partial charge is 0.338 e. The van der Waals surface area contributed by atoms with Crippen molar-refractivity contribution in [2.24, 2.45) is 0 Å². The van der Waals surface area contributed by atoms with Crippen molar-refractivity contribution in [1.82, 2.24) is 15.0 Å². The molecule has 2 aromatic carbocycles. The van der Waals surface area contributed by atoms with Crippen LogP contribution in [0.3, 0.4) is 0 Å². The summed E-state index contributed by atoms with van der Waals surface area (Å²) in [7, 11) is 0. The predicted octanol–water partition coefficient (Wildman–Crippen LogP) is 3.02. The minimum absolute atomic E-state index is 0.0316. The van der Waals surface area contributed by atoms with Crippen LogP contribution in [0.5, 0.6) is 0 Å². The van der Waals surface area contributed by atoms with Gasteiger partial charge in [-0.2, -0.15) is 0 Å². The second-order valence-electron chi connectivity index (χ2n) is 4.08. The molecule has 5 nitrogen and oxygen atoms in total. The molecule has 0 radical (unpaired) electrons. The highest BCUT2D eigenvalue weighted by atomic mass is 79.9. The Morgan fingerprint density at radius 2 is 2.10 bits per heavy atom. The Morgan fingerprint density at radius 3 is 2.85 bits per heavy atom. The molecule has 0 aliphatic rings. The number of carboxylic acid groups (broad SMARTS) is 1. The van der Waals surface area contributed by atoms with Crippen molar-refractivity contribution < 1.29 is 14.3 Å². The first kappa shape index (κ1) is 12.7. The maximum Gasteiger partial charge on any atom is 0.338 e. The zero-order chi connectivity index (χ0) is 14.3. The van der Waals surface area contributed by atoms with Gasteiger partial charge in [-0.1, -0.05) is 27.2 Å². The summed E-state index contributed by atoms with van der Waals surface area (Å²) in [5.74, 6) is -1.57. The Bertz CT molecular complexity index is 832. The van der Waals surface area contributed by atoms with Crippen LogP contribution in [-0.2, 0) is 0 Å². The molecule has 1 heterocycles. The van der Waals surface area contributed by atoms with Crippen LogP contribution in [0.1, 0.15) is 10.4 Å². The van der Waals surface area contributed by atoms with Gasteiger partial charge in [0.05, 0.1) is 11.1 Å². The highest BCUT2D eigenvalue weighted by molar-refractivity contribution is 9.10. The van der Waals surface area contributed by atoms with Crippen LogP contribution in [0.15, 0.2) is 40.9 Å². The van der Waals surface area contributed by atoms with E-state index in [2.05, 4.69) is 26.2 Å². The molecule has 100 valence electrons. The summed E-state index contributed by atoms with van der Waals surface area (Å²) in [5.41, 5.74) is 0.884. The van der Waals surface area contributed by atoms with Gasteiger partial charge < -0.3 is 5.11 Å². The first-order valence-corrected chi connectivity index (χ1v) is 6.40. The molecule has 0 saturated carbocycles. The molecule has 0 amide bonds. The largest absolute Gasteiger partial charge is 0.478 e. The lowest BCUT2D eigenvalue weighted by molar-refractivity contribution is 0.0699. The van der Waals surface area contributed by atoms with E-state index in [9.17, 15) is 9.18 Å². The number of fused-ring (bicyclic) bond motifs is 1. The van der Waals surface area contributed by atoms with Crippen molar-refractivity contribution in [2.75, 3.05) is 0 Å². The number of carbonyl (C=O) groups is 1. The molecule has 0 unspecified atom stereocenters. The fourth-order valence-corrected chi connectivity index (χ4v) is 2.29. The predicted molar refractivity (Wildman–Crippen MR) is 73.5 cm³/mol. The topological polar surface area (TPSA) is 68.0 Å². The Kier molecular flexibility index (Phi) is 2.98. The van der Waals surface area contributed by atoms with Gasteiger partial charge in [-0.15, -0.1) is 5.10 Å². The second-order valence-corrected chi connectivity index (χ2v) is 4.99. The third-order valence-corrected chi connectivity index (χ3v) is 3.34. The summed E-state index contributed by atoms with van der Waals surface area (Å²) in [6, 6.07) is 9.07. The zero-order valence-electron chi connectivity index (χ0n) is 9.92. The van der Waals surface area contributed by atoms with Crippen LogP contribution in [0, 0.1) is 5.82 Å². The van der Waals surface area contributed by atoms with Crippen molar-refractivity contribution in [3.63, 3.8) is 0 Å². The second kappa shape index (κ2) is 4.68. The summed E-state index contributed by atoms with van der Waals surface area (Å²) < 4.78 is 15.9. The zero-order valence-corrected chi connectivity index (χ0v) is 11.5. The van der Waals surface area contributed by atoms with Gasteiger partial charge in [0.2, 0.25) is 0 Å². The Hall–Kier alpha value is -2.28. The molecular weight excluding hydrogens is 329 g/mol. The van der Waals surface area contributed by atoms with Gasteiger partial charge >= 0.3 is 5.97 Å². The van der Waals surface area contributed by atoms with Crippen LogP contribution in [0.25, 0.3) is 16.7 Å². The lowest BCUT2D eigenvalue weighted by Crippen LogP contribution is -2.00. The van der Waals surface area contributed by atoms with Crippen LogP contribution < -0.4 is 0 Å². The van der Waals surface area contributed by atoms with E-state index in [0.29, 0.717) is 9.99 Å². The van der Waals surface area contributed by atoms with Crippen molar-refractivity contribution >= 4 is 32.9 Å². The molecular formula is C13H7BrFN3O2. The minimum Gasteiger partial charge on any atom is -0.478 e. The molecule has 1 aromatic heterocycles. The molecule has 0 atom stereocenters. The molecule has 7 heteroatoms.